The maximum atomic E-state index is 10.8. The third kappa shape index (κ3) is 2.39. The molecular formula is C17H16O2. The first-order valence-corrected chi connectivity index (χ1v) is 6.62. The summed E-state index contributed by atoms with van der Waals surface area (Å²) in [4.78, 5) is 10.8. The highest BCUT2D eigenvalue weighted by Gasteiger charge is 2.31. The first kappa shape index (κ1) is 12.0. The molecule has 0 spiro atoms. The average Bonchev–Trinajstić information content (AvgIpc) is 2.39. The van der Waals surface area contributed by atoms with Gasteiger partial charge in [-0.05, 0) is 47.9 Å². The molecule has 2 aromatic rings. The molecule has 0 atom stereocenters. The van der Waals surface area contributed by atoms with Crippen LogP contribution in [0.1, 0.15) is 46.2 Å². The summed E-state index contributed by atoms with van der Waals surface area (Å²) in [5.41, 5.74) is 3.04. The fourth-order valence-corrected chi connectivity index (χ4v) is 2.79. The predicted molar refractivity (Wildman–Crippen MR) is 74.6 cm³/mol. The summed E-state index contributed by atoms with van der Waals surface area (Å²) in [6.07, 6.45) is 2.33. The summed E-state index contributed by atoms with van der Waals surface area (Å²) in [5, 5.41) is 8.88. The molecule has 0 aliphatic heterocycles. The first-order valence-electron chi connectivity index (χ1n) is 6.62. The molecule has 96 valence electrons. The largest absolute Gasteiger partial charge is 0.478 e. The van der Waals surface area contributed by atoms with Gasteiger partial charge in [0.25, 0.3) is 0 Å². The average molecular weight is 252 g/mol. The minimum Gasteiger partial charge on any atom is -0.478 e. The Labute approximate surface area is 112 Å². The van der Waals surface area contributed by atoms with Crippen molar-refractivity contribution in [1.82, 2.24) is 0 Å². The molecule has 0 saturated heterocycles. The van der Waals surface area contributed by atoms with Gasteiger partial charge in [-0.3, -0.25) is 0 Å². The van der Waals surface area contributed by atoms with Gasteiger partial charge in [-0.25, -0.2) is 4.79 Å². The van der Waals surface area contributed by atoms with Gasteiger partial charge in [-0.1, -0.05) is 42.5 Å². The molecule has 1 aliphatic rings. The molecule has 0 radical (unpaired) electrons. The molecule has 0 unspecified atom stereocenters. The molecule has 19 heavy (non-hydrogen) atoms. The van der Waals surface area contributed by atoms with Gasteiger partial charge in [0.05, 0.1) is 5.56 Å². The van der Waals surface area contributed by atoms with Gasteiger partial charge in [-0.2, -0.15) is 0 Å². The van der Waals surface area contributed by atoms with E-state index in [1.165, 1.54) is 11.1 Å². The van der Waals surface area contributed by atoms with Crippen LogP contribution in [0.2, 0.25) is 0 Å². The van der Waals surface area contributed by atoms with E-state index in [0.29, 0.717) is 17.4 Å². The molecule has 0 bridgehead atoms. The van der Waals surface area contributed by atoms with Crippen LogP contribution in [0.15, 0.2) is 54.6 Å². The van der Waals surface area contributed by atoms with Crippen molar-refractivity contribution >= 4 is 5.97 Å². The molecule has 0 aromatic heterocycles. The van der Waals surface area contributed by atoms with Crippen LogP contribution in [-0.4, -0.2) is 11.1 Å². The Hall–Kier alpha value is -2.09. The minimum atomic E-state index is -0.859. The molecule has 1 saturated carbocycles. The number of aromatic carboxylic acids is 1. The van der Waals surface area contributed by atoms with Crippen molar-refractivity contribution in [3.63, 3.8) is 0 Å². The molecular weight excluding hydrogens is 236 g/mol. The summed E-state index contributed by atoms with van der Waals surface area (Å²) < 4.78 is 0. The number of carboxylic acid groups (broad SMARTS) is 1. The predicted octanol–water partition coefficient (Wildman–Crippen LogP) is 4.05. The third-order valence-electron chi connectivity index (χ3n) is 4.04. The second-order valence-electron chi connectivity index (χ2n) is 5.20. The van der Waals surface area contributed by atoms with E-state index in [0.717, 1.165) is 12.8 Å². The molecule has 1 aliphatic carbocycles. The van der Waals surface area contributed by atoms with Crippen LogP contribution in [0, 0.1) is 0 Å². The van der Waals surface area contributed by atoms with Crippen LogP contribution in [0.3, 0.4) is 0 Å². The normalized spacial score (nSPS) is 21.7. The monoisotopic (exact) mass is 252 g/mol. The van der Waals surface area contributed by atoms with Crippen molar-refractivity contribution in [2.45, 2.75) is 24.7 Å². The van der Waals surface area contributed by atoms with Crippen molar-refractivity contribution < 1.29 is 9.90 Å². The topological polar surface area (TPSA) is 37.3 Å². The zero-order chi connectivity index (χ0) is 13.2. The van der Waals surface area contributed by atoms with Crippen LogP contribution in [0.4, 0.5) is 0 Å². The van der Waals surface area contributed by atoms with Gasteiger partial charge in [0, 0.05) is 0 Å². The van der Waals surface area contributed by atoms with E-state index in [2.05, 4.69) is 24.3 Å². The Morgan fingerprint density at radius 2 is 1.37 bits per heavy atom. The highest BCUT2D eigenvalue weighted by molar-refractivity contribution is 5.87. The molecule has 2 nitrogen and oxygen atoms in total. The van der Waals surface area contributed by atoms with E-state index >= 15 is 0 Å². The van der Waals surface area contributed by atoms with Crippen molar-refractivity contribution in [2.75, 3.05) is 0 Å². The van der Waals surface area contributed by atoms with Crippen LogP contribution in [0.25, 0.3) is 0 Å². The molecule has 2 heteroatoms. The van der Waals surface area contributed by atoms with Crippen molar-refractivity contribution in [1.29, 1.82) is 0 Å². The molecule has 1 N–H and O–H groups in total. The maximum absolute atomic E-state index is 10.8. The Morgan fingerprint density at radius 1 is 0.842 bits per heavy atom. The number of hydrogen-bond donors (Lipinski definition) is 1. The summed E-state index contributed by atoms with van der Waals surface area (Å²) in [5.74, 6) is 0.376. The highest BCUT2D eigenvalue weighted by Crippen LogP contribution is 2.47. The summed E-state index contributed by atoms with van der Waals surface area (Å²) in [6.45, 7) is 0. The second-order valence-corrected chi connectivity index (χ2v) is 5.20. The number of rotatable bonds is 3. The maximum Gasteiger partial charge on any atom is 0.335 e. The fourth-order valence-electron chi connectivity index (χ4n) is 2.79. The number of carbonyl (C=O) groups is 1. The molecule has 1 fully saturated rings. The Bertz CT molecular complexity index is 566. The summed E-state index contributed by atoms with van der Waals surface area (Å²) in [6, 6.07) is 17.9. The Kier molecular flexibility index (Phi) is 3.08. The van der Waals surface area contributed by atoms with E-state index < -0.39 is 5.97 Å². The smallest absolute Gasteiger partial charge is 0.335 e. The molecule has 2 aromatic carbocycles. The first-order chi connectivity index (χ1) is 9.24. The van der Waals surface area contributed by atoms with Gasteiger partial charge in [0.15, 0.2) is 0 Å². The van der Waals surface area contributed by atoms with E-state index in [-0.39, 0.29) is 0 Å². The Morgan fingerprint density at radius 3 is 1.89 bits per heavy atom. The van der Waals surface area contributed by atoms with Crippen LogP contribution in [-0.2, 0) is 0 Å². The molecule has 0 amide bonds. The van der Waals surface area contributed by atoms with Gasteiger partial charge in [0.1, 0.15) is 0 Å². The van der Waals surface area contributed by atoms with Gasteiger partial charge >= 0.3 is 5.97 Å². The molecule has 0 heterocycles. The highest BCUT2D eigenvalue weighted by atomic mass is 16.4. The fraction of sp³-hybridized carbons (Fsp3) is 0.235. The minimum absolute atomic E-state index is 0.364. The zero-order valence-electron chi connectivity index (χ0n) is 10.6. The number of carboxylic acids is 1. The van der Waals surface area contributed by atoms with E-state index in [1.54, 1.807) is 12.1 Å². The van der Waals surface area contributed by atoms with Gasteiger partial charge in [0.2, 0.25) is 0 Å². The second kappa shape index (κ2) is 4.88. The van der Waals surface area contributed by atoms with E-state index in [1.807, 2.05) is 18.2 Å². The zero-order valence-corrected chi connectivity index (χ0v) is 10.6. The lowest BCUT2D eigenvalue weighted by Gasteiger charge is -2.36. The summed E-state index contributed by atoms with van der Waals surface area (Å²) in [7, 11) is 0. The van der Waals surface area contributed by atoms with Gasteiger partial charge < -0.3 is 5.11 Å². The molecule has 3 rings (SSSR count). The van der Waals surface area contributed by atoms with Crippen molar-refractivity contribution in [2.24, 2.45) is 0 Å². The third-order valence-corrected chi connectivity index (χ3v) is 4.04. The number of hydrogen-bond acceptors (Lipinski definition) is 1. The van der Waals surface area contributed by atoms with Crippen LogP contribution in [0.5, 0.6) is 0 Å². The van der Waals surface area contributed by atoms with Crippen molar-refractivity contribution in [3.8, 4) is 0 Å². The quantitative estimate of drug-likeness (QED) is 0.894. The lowest BCUT2D eigenvalue weighted by Crippen LogP contribution is -2.20. The van der Waals surface area contributed by atoms with Gasteiger partial charge in [-0.15, -0.1) is 0 Å². The lowest BCUT2D eigenvalue weighted by atomic mass is 9.68. The van der Waals surface area contributed by atoms with E-state index in [9.17, 15) is 4.79 Å². The Balaban J connectivity index is 1.66. The van der Waals surface area contributed by atoms with Crippen molar-refractivity contribution in [3.05, 3.63) is 71.3 Å². The van der Waals surface area contributed by atoms with Crippen LogP contribution >= 0.6 is 0 Å². The van der Waals surface area contributed by atoms with Crippen LogP contribution < -0.4 is 0 Å². The summed E-state index contributed by atoms with van der Waals surface area (Å²) >= 11 is 0. The van der Waals surface area contributed by atoms with E-state index in [4.69, 9.17) is 5.11 Å². The lowest BCUT2D eigenvalue weighted by molar-refractivity contribution is 0.0697. The SMILES string of the molecule is O=C(O)c1ccc(C2CC(c3ccccc3)C2)cc1. The number of benzene rings is 2. The standard InChI is InChI=1S/C17H16O2/c18-17(19)14-8-6-13(7-9-14)16-10-15(11-16)12-4-2-1-3-5-12/h1-9,15-16H,10-11H2,(H,18,19).